The number of carbonyl (C=O) groups is 1. The Balaban J connectivity index is 1.10. The van der Waals surface area contributed by atoms with Gasteiger partial charge in [-0.2, -0.15) is 0 Å². The first kappa shape index (κ1) is 31.2. The van der Waals surface area contributed by atoms with E-state index >= 15 is 0 Å². The van der Waals surface area contributed by atoms with Crippen LogP contribution in [0.4, 0.5) is 16.2 Å². The second-order valence-corrected chi connectivity index (χ2v) is 11.8. The number of carbonyl (C=O) groups excluding carboxylic acids is 1. The van der Waals surface area contributed by atoms with Gasteiger partial charge in [-0.05, 0) is 70.1 Å². The lowest BCUT2D eigenvalue weighted by Crippen LogP contribution is -2.38. The van der Waals surface area contributed by atoms with Gasteiger partial charge in [0.15, 0.2) is 6.29 Å². The fraction of sp³-hybridized carbons (Fsp3) is 0.235. The van der Waals surface area contributed by atoms with Crippen molar-refractivity contribution in [2.45, 2.75) is 37.2 Å². The minimum absolute atomic E-state index is 0.0213. The minimum atomic E-state index is -0.638. The number of amides is 2. The maximum absolute atomic E-state index is 12.7. The maximum atomic E-state index is 12.7. The number of nitrogens with one attached hydrogen (secondary N) is 2. The highest BCUT2D eigenvalue weighted by Crippen LogP contribution is 2.43. The number of aryl methyl sites for hydroxylation is 1. The van der Waals surface area contributed by atoms with Gasteiger partial charge in [-0.3, -0.25) is 0 Å². The molecule has 11 nitrogen and oxygen atoms in total. The van der Waals surface area contributed by atoms with Crippen molar-refractivity contribution in [1.29, 1.82) is 0 Å². The predicted octanol–water partition coefficient (Wildman–Crippen LogP) is 6.72. The molecule has 236 valence electrons. The van der Waals surface area contributed by atoms with E-state index in [-0.39, 0.29) is 30.8 Å². The zero-order valence-electron chi connectivity index (χ0n) is 25.3. The van der Waals surface area contributed by atoms with Gasteiger partial charge >= 0.3 is 6.03 Å². The molecule has 1 fully saturated rings. The minimum Gasteiger partial charge on any atom is -0.457 e. The van der Waals surface area contributed by atoms with Gasteiger partial charge in [-0.1, -0.05) is 73.3 Å². The summed E-state index contributed by atoms with van der Waals surface area (Å²) in [6.45, 7) is 2.09. The van der Waals surface area contributed by atoms with Gasteiger partial charge in [0.05, 0.1) is 18.8 Å². The molecule has 6 rings (SSSR count). The molecule has 4 unspecified atom stereocenters. The van der Waals surface area contributed by atoms with Crippen LogP contribution in [-0.2, 0) is 23.1 Å². The smallest absolute Gasteiger partial charge is 0.323 e. The molecule has 0 bridgehead atoms. The normalized spacial score (nSPS) is 19.4. The zero-order chi connectivity index (χ0) is 31.9. The Hall–Kier alpha value is -4.75. The maximum Gasteiger partial charge on any atom is 0.323 e. The van der Waals surface area contributed by atoms with Crippen LogP contribution in [0.2, 0.25) is 0 Å². The number of aliphatic hydroxyl groups is 1. The number of ether oxygens (including phenoxy) is 3. The molecule has 3 N–H and O–H groups in total. The summed E-state index contributed by atoms with van der Waals surface area (Å²) in [6.07, 6.45) is -1.06. The van der Waals surface area contributed by atoms with Crippen molar-refractivity contribution >= 4 is 29.2 Å². The Morgan fingerprint density at radius 2 is 1.50 bits per heavy atom. The summed E-state index contributed by atoms with van der Waals surface area (Å²) in [6, 6.07) is 31.5. The quantitative estimate of drug-likeness (QED) is 0.143. The molecule has 4 atom stereocenters. The number of urea groups is 1. The molecule has 2 amide bonds. The first-order valence-electron chi connectivity index (χ1n) is 14.8. The molecule has 0 saturated carbocycles. The van der Waals surface area contributed by atoms with Crippen LogP contribution in [0.25, 0.3) is 0 Å². The van der Waals surface area contributed by atoms with Crippen molar-refractivity contribution in [2.75, 3.05) is 16.4 Å². The second-order valence-electron chi connectivity index (χ2n) is 10.9. The number of nitrogens with zero attached hydrogens (tertiary/aromatic N) is 4. The van der Waals surface area contributed by atoms with Gasteiger partial charge in [0.25, 0.3) is 0 Å². The molecule has 0 radical (unpaired) electrons. The summed E-state index contributed by atoms with van der Waals surface area (Å²) in [7, 11) is 1.80. The van der Waals surface area contributed by atoms with Crippen molar-refractivity contribution in [3.63, 3.8) is 0 Å². The Morgan fingerprint density at radius 3 is 2.13 bits per heavy atom. The van der Waals surface area contributed by atoms with E-state index in [9.17, 15) is 9.90 Å². The summed E-state index contributed by atoms with van der Waals surface area (Å²) >= 11 is 1.53. The number of hydrogen-bond donors (Lipinski definition) is 3. The fourth-order valence-corrected chi connectivity index (χ4v) is 6.07. The summed E-state index contributed by atoms with van der Waals surface area (Å²) in [5, 5.41) is 27.7. The first-order valence-corrected chi connectivity index (χ1v) is 15.8. The molecule has 1 aliphatic rings. The molecule has 1 aromatic heterocycles. The monoisotopic (exact) mass is 638 g/mol. The highest BCUT2D eigenvalue weighted by atomic mass is 32.2. The number of hydrogen-bond acceptors (Lipinski definition) is 9. The highest BCUT2D eigenvalue weighted by Gasteiger charge is 2.38. The van der Waals surface area contributed by atoms with Gasteiger partial charge in [0.2, 0.25) is 5.16 Å². The number of rotatable bonds is 10. The Bertz CT molecular complexity index is 1720. The van der Waals surface area contributed by atoms with Crippen LogP contribution >= 0.6 is 11.8 Å². The van der Waals surface area contributed by atoms with E-state index in [0.29, 0.717) is 28.0 Å². The van der Waals surface area contributed by atoms with Crippen LogP contribution in [0.5, 0.6) is 11.5 Å². The van der Waals surface area contributed by atoms with E-state index in [1.54, 1.807) is 36.0 Å². The summed E-state index contributed by atoms with van der Waals surface area (Å²) in [5.74, 6) is 2.06. The number of thioether (sulfide) groups is 1. The number of aromatic nitrogens is 4. The van der Waals surface area contributed by atoms with Crippen LogP contribution in [0, 0.1) is 5.92 Å². The lowest BCUT2D eigenvalue weighted by atomic mass is 9.91. The standard InChI is InChI=1S/C34H34N6O5S/c1-22-30(21-46-34-37-38-39-40(34)2)44-32(45-31(22)24-10-8-23(20-41)9-11-24)25-12-14-26(15-13-25)35-33(42)36-27-16-18-29(19-17-27)43-28-6-4-3-5-7-28/h3-19,22,30-32,41H,20-21H2,1-2H3,(H2,35,36,42). The van der Waals surface area contributed by atoms with Crippen LogP contribution in [0.3, 0.4) is 0 Å². The van der Waals surface area contributed by atoms with Crippen molar-refractivity contribution in [3.05, 3.63) is 120 Å². The molecule has 4 aromatic carbocycles. The van der Waals surface area contributed by atoms with Crippen LogP contribution in [-0.4, -0.2) is 43.2 Å². The average Bonchev–Trinajstić information content (AvgIpc) is 3.50. The SMILES string of the molecule is CC1C(CSc2nnnn2C)OC(c2ccc(NC(=O)Nc3ccc(Oc4ccccc4)cc3)cc2)OC1c1ccc(CO)cc1. The number of tetrazole rings is 1. The Morgan fingerprint density at radius 1 is 0.870 bits per heavy atom. The Kier molecular flexibility index (Phi) is 9.89. The van der Waals surface area contributed by atoms with E-state index in [1.165, 1.54) is 11.8 Å². The van der Waals surface area contributed by atoms with Crippen molar-refractivity contribution in [1.82, 2.24) is 20.2 Å². The van der Waals surface area contributed by atoms with Gasteiger partial charge < -0.3 is 30.0 Å². The number of para-hydroxylation sites is 1. The van der Waals surface area contributed by atoms with Crippen LogP contribution < -0.4 is 15.4 Å². The molecule has 5 aromatic rings. The van der Waals surface area contributed by atoms with E-state index in [0.717, 1.165) is 22.4 Å². The van der Waals surface area contributed by atoms with Gasteiger partial charge in [0.1, 0.15) is 11.5 Å². The second kappa shape index (κ2) is 14.6. The third-order valence-corrected chi connectivity index (χ3v) is 8.71. The average molecular weight is 639 g/mol. The number of anilines is 2. The molecule has 0 spiro atoms. The number of aliphatic hydroxyl groups excluding tert-OH is 1. The predicted molar refractivity (Wildman–Crippen MR) is 175 cm³/mol. The zero-order valence-corrected chi connectivity index (χ0v) is 26.1. The van der Waals surface area contributed by atoms with Crippen LogP contribution in [0.1, 0.15) is 36.0 Å². The fourth-order valence-electron chi connectivity index (χ4n) is 5.06. The third-order valence-electron chi connectivity index (χ3n) is 7.61. The summed E-state index contributed by atoms with van der Waals surface area (Å²) in [5.41, 5.74) is 3.91. The first-order chi connectivity index (χ1) is 22.4. The van der Waals surface area contributed by atoms with E-state index in [2.05, 4.69) is 33.1 Å². The topological polar surface area (TPSA) is 133 Å². The molecule has 12 heteroatoms. The van der Waals surface area contributed by atoms with Crippen molar-refractivity contribution < 1.29 is 24.1 Å². The van der Waals surface area contributed by atoms with Crippen molar-refractivity contribution in [2.24, 2.45) is 13.0 Å². The molecular formula is C34H34N6O5S. The third kappa shape index (κ3) is 7.72. The van der Waals surface area contributed by atoms with Crippen LogP contribution in [0.15, 0.2) is 108 Å². The van der Waals surface area contributed by atoms with Gasteiger partial charge in [0, 0.05) is 35.7 Å². The Labute approximate surface area is 270 Å². The van der Waals surface area contributed by atoms with Gasteiger partial charge in [-0.25, -0.2) is 9.48 Å². The highest BCUT2D eigenvalue weighted by molar-refractivity contribution is 7.99. The molecule has 2 heterocycles. The molecule has 46 heavy (non-hydrogen) atoms. The molecular weight excluding hydrogens is 604 g/mol. The van der Waals surface area contributed by atoms with E-state index in [4.69, 9.17) is 14.2 Å². The lowest BCUT2D eigenvalue weighted by molar-refractivity contribution is -0.268. The summed E-state index contributed by atoms with van der Waals surface area (Å²) in [4.78, 5) is 12.7. The number of benzene rings is 4. The molecule has 1 aliphatic heterocycles. The summed E-state index contributed by atoms with van der Waals surface area (Å²) < 4.78 is 20.5. The van der Waals surface area contributed by atoms with E-state index < -0.39 is 6.29 Å². The largest absolute Gasteiger partial charge is 0.457 e. The molecule has 0 aliphatic carbocycles. The van der Waals surface area contributed by atoms with Gasteiger partial charge in [-0.15, -0.1) is 5.10 Å². The van der Waals surface area contributed by atoms with E-state index in [1.807, 2.05) is 78.9 Å². The van der Waals surface area contributed by atoms with Crippen molar-refractivity contribution in [3.8, 4) is 11.5 Å². The molecule has 1 saturated heterocycles. The lowest BCUT2D eigenvalue weighted by Gasteiger charge is -2.41.